The van der Waals surface area contributed by atoms with Crippen LogP contribution in [0.25, 0.3) is 0 Å². The molecule has 0 aliphatic heterocycles. The van der Waals surface area contributed by atoms with Crippen molar-refractivity contribution < 1.29 is 0 Å². The van der Waals surface area contributed by atoms with Crippen LogP contribution in [0, 0.1) is 0 Å². The fraction of sp³-hybridized carbons (Fsp3) is 0.111. The Bertz CT molecular complexity index is 208. The molecule has 1 rings (SSSR count). The number of para-hydroxylation sites is 1. The van der Waals surface area contributed by atoms with Crippen molar-refractivity contribution in [3.63, 3.8) is 0 Å². The summed E-state index contributed by atoms with van der Waals surface area (Å²) in [6.07, 6.45) is 1.79. The highest BCUT2D eigenvalue weighted by molar-refractivity contribution is 5.85. The van der Waals surface area contributed by atoms with E-state index in [0.717, 1.165) is 5.69 Å². The molecule has 0 saturated heterocycles. The first-order valence-electron chi connectivity index (χ1n) is 3.25. The van der Waals surface area contributed by atoms with Crippen molar-refractivity contribution in [1.29, 1.82) is 0 Å². The van der Waals surface area contributed by atoms with E-state index in [0.29, 0.717) is 0 Å². The van der Waals surface area contributed by atoms with E-state index in [1.54, 1.807) is 6.20 Å². The molecule has 1 aromatic carbocycles. The first kappa shape index (κ1) is 10.0. The van der Waals surface area contributed by atoms with Crippen LogP contribution in [0.15, 0.2) is 43.1 Å². The smallest absolute Gasteiger partial charge is 0.0403 e. The highest BCUT2D eigenvalue weighted by Crippen LogP contribution is 2.09. The third-order valence-corrected chi connectivity index (χ3v) is 1.44. The molecule has 0 N–H and O–H groups in total. The zero-order chi connectivity index (χ0) is 7.40. The van der Waals surface area contributed by atoms with E-state index in [9.17, 15) is 0 Å². The van der Waals surface area contributed by atoms with Crippen molar-refractivity contribution in [3.05, 3.63) is 43.1 Å². The lowest BCUT2D eigenvalue weighted by Crippen LogP contribution is -2.05. The monoisotopic (exact) mass is 169 g/mol. The molecule has 0 atom stereocenters. The van der Waals surface area contributed by atoms with Crippen molar-refractivity contribution >= 4 is 18.1 Å². The number of anilines is 1. The Labute approximate surface area is 73.7 Å². The molecule has 0 heterocycles. The van der Waals surface area contributed by atoms with Crippen LogP contribution in [0.2, 0.25) is 0 Å². The maximum atomic E-state index is 3.66. The quantitative estimate of drug-likeness (QED) is 0.658. The summed E-state index contributed by atoms with van der Waals surface area (Å²) in [6.45, 7) is 3.66. The molecule has 11 heavy (non-hydrogen) atoms. The van der Waals surface area contributed by atoms with Crippen LogP contribution in [0.1, 0.15) is 0 Å². The van der Waals surface area contributed by atoms with Crippen LogP contribution in [0.4, 0.5) is 5.69 Å². The van der Waals surface area contributed by atoms with Crippen LogP contribution in [-0.4, -0.2) is 7.05 Å². The van der Waals surface area contributed by atoms with Gasteiger partial charge < -0.3 is 4.90 Å². The van der Waals surface area contributed by atoms with Gasteiger partial charge in [-0.3, -0.25) is 0 Å². The van der Waals surface area contributed by atoms with Gasteiger partial charge in [-0.2, -0.15) is 0 Å². The zero-order valence-electron chi connectivity index (χ0n) is 6.53. The van der Waals surface area contributed by atoms with Crippen molar-refractivity contribution in [3.8, 4) is 0 Å². The molecule has 0 bridgehead atoms. The van der Waals surface area contributed by atoms with Gasteiger partial charge >= 0.3 is 0 Å². The lowest BCUT2D eigenvalue weighted by molar-refractivity contribution is 1.21. The number of hydrogen-bond acceptors (Lipinski definition) is 1. The molecule has 0 spiro atoms. The van der Waals surface area contributed by atoms with E-state index in [2.05, 4.69) is 6.58 Å². The Hall–Kier alpha value is -0.950. The maximum absolute atomic E-state index is 3.66. The van der Waals surface area contributed by atoms with Crippen molar-refractivity contribution in [1.82, 2.24) is 0 Å². The molecule has 2 heteroatoms. The number of benzene rings is 1. The Morgan fingerprint density at radius 3 is 2.27 bits per heavy atom. The van der Waals surface area contributed by atoms with Crippen LogP contribution >= 0.6 is 12.4 Å². The molecule has 0 fully saturated rings. The molecule has 0 unspecified atom stereocenters. The van der Waals surface area contributed by atoms with Crippen molar-refractivity contribution in [2.45, 2.75) is 0 Å². The van der Waals surface area contributed by atoms with E-state index in [-0.39, 0.29) is 12.4 Å². The van der Waals surface area contributed by atoms with Gasteiger partial charge in [-0.1, -0.05) is 24.8 Å². The summed E-state index contributed by atoms with van der Waals surface area (Å²) in [5.41, 5.74) is 1.16. The average molecular weight is 170 g/mol. The second-order valence-corrected chi connectivity index (χ2v) is 2.13. The number of halogens is 1. The number of hydrogen-bond donors (Lipinski definition) is 0. The molecule has 0 aliphatic rings. The molecule has 0 saturated carbocycles. The standard InChI is InChI=1S/C9H11N.ClH/c1-3-10(2)9-7-5-4-6-8-9;/h3-8H,1H2,2H3;1H. The topological polar surface area (TPSA) is 3.24 Å². The summed E-state index contributed by atoms with van der Waals surface area (Å²) < 4.78 is 0. The van der Waals surface area contributed by atoms with Gasteiger partial charge in [0.1, 0.15) is 0 Å². The van der Waals surface area contributed by atoms with Gasteiger partial charge in [0.05, 0.1) is 0 Å². The van der Waals surface area contributed by atoms with E-state index in [4.69, 9.17) is 0 Å². The summed E-state index contributed by atoms with van der Waals surface area (Å²) in [7, 11) is 1.97. The van der Waals surface area contributed by atoms with Crippen LogP contribution in [0.5, 0.6) is 0 Å². The lowest BCUT2D eigenvalue weighted by atomic mass is 10.3. The maximum Gasteiger partial charge on any atom is 0.0403 e. The van der Waals surface area contributed by atoms with E-state index >= 15 is 0 Å². The molecule has 1 nitrogen and oxygen atoms in total. The van der Waals surface area contributed by atoms with E-state index in [1.165, 1.54) is 0 Å². The van der Waals surface area contributed by atoms with Crippen molar-refractivity contribution in [2.24, 2.45) is 0 Å². The predicted molar refractivity (Wildman–Crippen MR) is 52.3 cm³/mol. The first-order valence-corrected chi connectivity index (χ1v) is 3.25. The van der Waals surface area contributed by atoms with Gasteiger partial charge in [0, 0.05) is 12.7 Å². The Morgan fingerprint density at radius 2 is 1.82 bits per heavy atom. The highest BCUT2D eigenvalue weighted by atomic mass is 35.5. The summed E-state index contributed by atoms with van der Waals surface area (Å²) in [6, 6.07) is 10.1. The fourth-order valence-corrected chi connectivity index (χ4v) is 0.769. The Morgan fingerprint density at radius 1 is 1.27 bits per heavy atom. The minimum atomic E-state index is 0. The second-order valence-electron chi connectivity index (χ2n) is 2.13. The molecular formula is C9H12ClN. The summed E-state index contributed by atoms with van der Waals surface area (Å²) in [5, 5.41) is 0. The Kier molecular flexibility index (Phi) is 4.39. The van der Waals surface area contributed by atoms with Gasteiger partial charge in [0.25, 0.3) is 0 Å². The van der Waals surface area contributed by atoms with Crippen LogP contribution in [0.3, 0.4) is 0 Å². The summed E-state index contributed by atoms with van der Waals surface area (Å²) in [5.74, 6) is 0. The summed E-state index contributed by atoms with van der Waals surface area (Å²) >= 11 is 0. The summed E-state index contributed by atoms with van der Waals surface area (Å²) in [4.78, 5) is 1.97. The number of rotatable bonds is 2. The normalized spacial score (nSPS) is 8.09. The number of nitrogens with zero attached hydrogens (tertiary/aromatic N) is 1. The molecule has 0 amide bonds. The van der Waals surface area contributed by atoms with Gasteiger partial charge in [-0.05, 0) is 18.3 Å². The SMILES string of the molecule is C=CN(C)c1ccccc1.Cl. The molecule has 60 valence electrons. The molecular weight excluding hydrogens is 158 g/mol. The minimum Gasteiger partial charge on any atom is -0.352 e. The minimum absolute atomic E-state index is 0. The zero-order valence-corrected chi connectivity index (χ0v) is 7.34. The van der Waals surface area contributed by atoms with E-state index in [1.807, 2.05) is 42.3 Å². The van der Waals surface area contributed by atoms with Gasteiger partial charge in [0.2, 0.25) is 0 Å². The largest absolute Gasteiger partial charge is 0.352 e. The Balaban J connectivity index is 0.000001000. The molecule has 0 aliphatic carbocycles. The third kappa shape index (κ3) is 2.64. The van der Waals surface area contributed by atoms with Gasteiger partial charge in [-0.15, -0.1) is 12.4 Å². The molecule has 1 aromatic rings. The second kappa shape index (κ2) is 4.80. The fourth-order valence-electron chi connectivity index (χ4n) is 0.769. The first-order chi connectivity index (χ1) is 4.84. The third-order valence-electron chi connectivity index (χ3n) is 1.44. The van der Waals surface area contributed by atoms with E-state index < -0.39 is 0 Å². The van der Waals surface area contributed by atoms with Gasteiger partial charge in [0.15, 0.2) is 0 Å². The average Bonchev–Trinajstić information content (AvgIpc) is 2.05. The highest BCUT2D eigenvalue weighted by Gasteiger charge is 1.90. The lowest BCUT2D eigenvalue weighted by Gasteiger charge is -2.11. The van der Waals surface area contributed by atoms with Gasteiger partial charge in [-0.25, -0.2) is 0 Å². The van der Waals surface area contributed by atoms with Crippen LogP contribution in [-0.2, 0) is 0 Å². The molecule has 0 aromatic heterocycles. The van der Waals surface area contributed by atoms with Crippen molar-refractivity contribution in [2.75, 3.05) is 11.9 Å². The van der Waals surface area contributed by atoms with Crippen LogP contribution < -0.4 is 4.90 Å². The predicted octanol–water partition coefficient (Wildman–Crippen LogP) is 2.69. The molecule has 0 radical (unpaired) electrons.